The number of benzene rings is 1. The van der Waals surface area contributed by atoms with Gasteiger partial charge in [0.2, 0.25) is 5.95 Å². The fourth-order valence-corrected chi connectivity index (χ4v) is 3.67. The summed E-state index contributed by atoms with van der Waals surface area (Å²) in [6, 6.07) is 14.3. The molecular formula is C23H18F3N5. The van der Waals surface area contributed by atoms with Crippen molar-refractivity contribution in [2.24, 2.45) is 0 Å². The molecule has 2 N–H and O–H groups in total. The van der Waals surface area contributed by atoms with Crippen molar-refractivity contribution in [2.75, 3.05) is 5.73 Å². The molecule has 0 bridgehead atoms. The molecule has 0 aliphatic heterocycles. The van der Waals surface area contributed by atoms with Crippen molar-refractivity contribution in [3.63, 3.8) is 0 Å². The summed E-state index contributed by atoms with van der Waals surface area (Å²) < 4.78 is 39.4. The standard InChI is InChI=1S/C23H18F3N5/c24-23(25,26)18-7-5-15(6-8-18)21(19-9-12-30-22(27)31-19)20(16-3-1-10-28-13-16)17-4-2-11-29-14-17/h1-14,20-21H,(H2,27,30,31). The second-order valence-electron chi connectivity index (χ2n) is 6.99. The highest BCUT2D eigenvalue weighted by molar-refractivity contribution is 5.43. The predicted molar refractivity (Wildman–Crippen MR) is 110 cm³/mol. The lowest BCUT2D eigenvalue weighted by molar-refractivity contribution is -0.137. The summed E-state index contributed by atoms with van der Waals surface area (Å²) in [6.45, 7) is 0. The van der Waals surface area contributed by atoms with Gasteiger partial charge in [0, 0.05) is 42.8 Å². The Morgan fingerprint density at radius 1 is 0.710 bits per heavy atom. The number of pyridine rings is 2. The molecule has 4 rings (SSSR count). The first-order chi connectivity index (χ1) is 14.9. The largest absolute Gasteiger partial charge is 0.416 e. The number of hydrogen-bond acceptors (Lipinski definition) is 5. The molecule has 0 saturated carbocycles. The molecule has 8 heteroatoms. The molecule has 0 saturated heterocycles. The zero-order chi connectivity index (χ0) is 21.8. The van der Waals surface area contributed by atoms with Gasteiger partial charge in [-0.1, -0.05) is 24.3 Å². The van der Waals surface area contributed by atoms with E-state index >= 15 is 0 Å². The molecule has 0 amide bonds. The normalized spacial score (nSPS) is 12.6. The Labute approximate surface area is 176 Å². The highest BCUT2D eigenvalue weighted by Crippen LogP contribution is 2.42. The zero-order valence-corrected chi connectivity index (χ0v) is 16.2. The maximum absolute atomic E-state index is 13.1. The van der Waals surface area contributed by atoms with Gasteiger partial charge in [-0.15, -0.1) is 0 Å². The van der Waals surface area contributed by atoms with Crippen LogP contribution in [0.4, 0.5) is 19.1 Å². The number of nitrogen functional groups attached to an aromatic ring is 1. The van der Waals surface area contributed by atoms with Gasteiger partial charge in [0.25, 0.3) is 0 Å². The number of aromatic nitrogens is 4. The first kappa shape index (κ1) is 20.5. The summed E-state index contributed by atoms with van der Waals surface area (Å²) in [6.07, 6.45) is 3.93. The van der Waals surface area contributed by atoms with Crippen molar-refractivity contribution in [1.82, 2.24) is 19.9 Å². The Morgan fingerprint density at radius 2 is 1.32 bits per heavy atom. The predicted octanol–water partition coefficient (Wildman–Crippen LogP) is 4.83. The van der Waals surface area contributed by atoms with Gasteiger partial charge in [0.15, 0.2) is 0 Å². The van der Waals surface area contributed by atoms with Crippen LogP contribution in [0.2, 0.25) is 0 Å². The van der Waals surface area contributed by atoms with Gasteiger partial charge in [-0.25, -0.2) is 9.97 Å². The van der Waals surface area contributed by atoms with Crippen LogP contribution in [0, 0.1) is 0 Å². The molecule has 0 aliphatic rings. The van der Waals surface area contributed by atoms with Gasteiger partial charge >= 0.3 is 6.18 Å². The SMILES string of the molecule is Nc1nccc(C(c2ccc(C(F)(F)F)cc2)C(c2cccnc2)c2cccnc2)n1. The molecule has 1 aromatic carbocycles. The van der Waals surface area contributed by atoms with Crippen molar-refractivity contribution >= 4 is 5.95 Å². The minimum atomic E-state index is -4.42. The lowest BCUT2D eigenvalue weighted by atomic mass is 9.76. The van der Waals surface area contributed by atoms with Crippen LogP contribution in [0.1, 0.15) is 39.8 Å². The van der Waals surface area contributed by atoms with E-state index in [1.165, 1.54) is 18.3 Å². The number of nitrogens with two attached hydrogens (primary N) is 1. The van der Waals surface area contributed by atoms with Crippen LogP contribution in [0.5, 0.6) is 0 Å². The summed E-state index contributed by atoms with van der Waals surface area (Å²) in [5.74, 6) is -0.667. The minimum Gasteiger partial charge on any atom is -0.368 e. The van der Waals surface area contributed by atoms with Crippen LogP contribution in [0.15, 0.2) is 85.6 Å². The Bertz CT molecular complexity index is 1090. The second kappa shape index (κ2) is 8.51. The Morgan fingerprint density at radius 3 is 1.81 bits per heavy atom. The molecule has 1 unspecified atom stereocenters. The van der Waals surface area contributed by atoms with E-state index in [1.807, 2.05) is 24.3 Å². The summed E-state index contributed by atoms with van der Waals surface area (Å²) in [4.78, 5) is 16.8. The van der Waals surface area contributed by atoms with Crippen molar-refractivity contribution in [3.8, 4) is 0 Å². The van der Waals surface area contributed by atoms with E-state index in [0.717, 1.165) is 23.3 Å². The number of halogens is 3. The average molecular weight is 421 g/mol. The van der Waals surface area contributed by atoms with Gasteiger partial charge in [-0.2, -0.15) is 13.2 Å². The van der Waals surface area contributed by atoms with E-state index in [2.05, 4.69) is 19.9 Å². The van der Waals surface area contributed by atoms with Gasteiger partial charge in [-0.3, -0.25) is 9.97 Å². The Kier molecular flexibility index (Phi) is 5.62. The number of alkyl halides is 3. The third-order valence-electron chi connectivity index (χ3n) is 5.03. The Hall–Kier alpha value is -3.81. The summed E-state index contributed by atoms with van der Waals surface area (Å²) in [5, 5.41) is 0. The van der Waals surface area contributed by atoms with Crippen LogP contribution in [0.25, 0.3) is 0 Å². The lowest BCUT2D eigenvalue weighted by Crippen LogP contribution is -2.17. The fourth-order valence-electron chi connectivity index (χ4n) is 3.67. The average Bonchev–Trinajstić information content (AvgIpc) is 2.78. The van der Waals surface area contributed by atoms with E-state index in [9.17, 15) is 13.2 Å². The van der Waals surface area contributed by atoms with E-state index < -0.39 is 17.7 Å². The van der Waals surface area contributed by atoms with Gasteiger partial charge in [0.1, 0.15) is 0 Å². The van der Waals surface area contributed by atoms with Crippen LogP contribution < -0.4 is 5.73 Å². The van der Waals surface area contributed by atoms with Crippen molar-refractivity contribution in [1.29, 1.82) is 0 Å². The first-order valence-electron chi connectivity index (χ1n) is 9.49. The van der Waals surface area contributed by atoms with Gasteiger partial charge < -0.3 is 5.73 Å². The lowest BCUT2D eigenvalue weighted by Gasteiger charge is -2.28. The maximum atomic E-state index is 13.1. The van der Waals surface area contributed by atoms with Crippen LogP contribution >= 0.6 is 0 Å². The third kappa shape index (κ3) is 4.53. The molecule has 0 spiro atoms. The highest BCUT2D eigenvalue weighted by atomic mass is 19.4. The highest BCUT2D eigenvalue weighted by Gasteiger charge is 2.33. The molecule has 0 aliphatic carbocycles. The molecule has 1 atom stereocenters. The monoisotopic (exact) mass is 421 g/mol. The van der Waals surface area contributed by atoms with Gasteiger partial charge in [-0.05, 0) is 47.0 Å². The van der Waals surface area contributed by atoms with E-state index in [-0.39, 0.29) is 11.9 Å². The molecule has 3 heterocycles. The first-order valence-corrected chi connectivity index (χ1v) is 9.49. The second-order valence-corrected chi connectivity index (χ2v) is 6.99. The molecule has 31 heavy (non-hydrogen) atoms. The fraction of sp³-hybridized carbons (Fsp3) is 0.130. The minimum absolute atomic E-state index is 0.0885. The number of nitrogens with zero attached hydrogens (tertiary/aromatic N) is 4. The molecule has 0 radical (unpaired) electrons. The molecule has 3 aromatic heterocycles. The van der Waals surface area contributed by atoms with Crippen molar-refractivity contribution in [2.45, 2.75) is 18.0 Å². The maximum Gasteiger partial charge on any atom is 0.416 e. The van der Waals surface area contributed by atoms with Gasteiger partial charge in [0.05, 0.1) is 11.3 Å². The number of hydrogen-bond donors (Lipinski definition) is 1. The van der Waals surface area contributed by atoms with Crippen molar-refractivity contribution < 1.29 is 13.2 Å². The smallest absolute Gasteiger partial charge is 0.368 e. The van der Waals surface area contributed by atoms with Crippen LogP contribution in [0.3, 0.4) is 0 Å². The summed E-state index contributed by atoms with van der Waals surface area (Å²) in [7, 11) is 0. The molecule has 156 valence electrons. The quantitative estimate of drug-likeness (QED) is 0.499. The number of rotatable bonds is 5. The molecule has 5 nitrogen and oxygen atoms in total. The summed E-state index contributed by atoms with van der Waals surface area (Å²) in [5.41, 5.74) is 8.12. The van der Waals surface area contributed by atoms with E-state index in [0.29, 0.717) is 11.3 Å². The van der Waals surface area contributed by atoms with Crippen LogP contribution in [-0.2, 0) is 6.18 Å². The molecule has 0 fully saturated rings. The van der Waals surface area contributed by atoms with Crippen molar-refractivity contribution in [3.05, 3.63) is 114 Å². The molecular weight excluding hydrogens is 403 g/mol. The topological polar surface area (TPSA) is 77.6 Å². The third-order valence-corrected chi connectivity index (χ3v) is 5.03. The van der Waals surface area contributed by atoms with Crippen LogP contribution in [-0.4, -0.2) is 19.9 Å². The summed E-state index contributed by atoms with van der Waals surface area (Å²) >= 11 is 0. The number of anilines is 1. The van der Waals surface area contributed by atoms with E-state index in [4.69, 9.17) is 5.73 Å². The Balaban J connectivity index is 1.92. The zero-order valence-electron chi connectivity index (χ0n) is 16.2. The van der Waals surface area contributed by atoms with E-state index in [1.54, 1.807) is 30.9 Å². The molecule has 4 aromatic rings.